The van der Waals surface area contributed by atoms with E-state index in [1.54, 1.807) is 18.1 Å². The Morgan fingerprint density at radius 2 is 2.50 bits per heavy atom. The summed E-state index contributed by atoms with van der Waals surface area (Å²) in [4.78, 5) is 1.61. The van der Waals surface area contributed by atoms with Gasteiger partial charge in [0.15, 0.2) is 5.82 Å². The van der Waals surface area contributed by atoms with Gasteiger partial charge in [-0.05, 0) is 13.3 Å². The molecule has 2 N–H and O–H groups in total. The second kappa shape index (κ2) is 4.06. The Hall–Kier alpha value is -1.10. The fraction of sp³-hybridized carbons (Fsp3) is 0.714. The van der Waals surface area contributed by atoms with Gasteiger partial charge in [-0.25, -0.2) is 0 Å². The first kappa shape index (κ1) is 8.99. The summed E-state index contributed by atoms with van der Waals surface area (Å²) in [6.07, 6.45) is 2.44. The fourth-order valence-electron chi connectivity index (χ4n) is 0.904. The second-order valence-electron chi connectivity index (χ2n) is 2.72. The Morgan fingerprint density at radius 1 is 1.75 bits per heavy atom. The molecule has 5 nitrogen and oxygen atoms in total. The zero-order valence-corrected chi connectivity index (χ0v) is 7.40. The molecule has 1 unspecified atom stereocenters. The molecule has 5 heteroatoms. The highest BCUT2D eigenvalue weighted by Crippen LogP contribution is 2.07. The van der Waals surface area contributed by atoms with Crippen LogP contribution in [0.1, 0.15) is 19.4 Å². The van der Waals surface area contributed by atoms with Crippen LogP contribution in [0.25, 0.3) is 0 Å². The molecule has 0 saturated heterocycles. The molecule has 0 aliphatic heterocycles. The van der Waals surface area contributed by atoms with E-state index in [1.165, 1.54) is 0 Å². The number of nitrogen functional groups attached to an aromatic ring is 1. The van der Waals surface area contributed by atoms with Gasteiger partial charge in [-0.2, -0.15) is 9.90 Å². The molecule has 1 atom stereocenters. The number of hydrogen-bond donors (Lipinski definition) is 1. The van der Waals surface area contributed by atoms with Crippen LogP contribution in [0, 0.1) is 0 Å². The molecule has 0 spiro atoms. The molecule has 68 valence electrons. The van der Waals surface area contributed by atoms with Crippen molar-refractivity contribution in [1.82, 2.24) is 15.0 Å². The summed E-state index contributed by atoms with van der Waals surface area (Å²) in [7, 11) is 1.68. The number of methoxy groups -OCH3 is 1. The number of anilines is 1. The highest BCUT2D eigenvalue weighted by molar-refractivity contribution is 5.19. The standard InChI is InChI=1S/C7H14N4O/c1-6(3-4-12-2)11-9-5-7(8)10-11/h5-6H,3-4H2,1-2H3,(H2,8,10). The molecule has 1 rings (SSSR count). The number of hydrogen-bond acceptors (Lipinski definition) is 4. The van der Waals surface area contributed by atoms with E-state index in [-0.39, 0.29) is 6.04 Å². The summed E-state index contributed by atoms with van der Waals surface area (Å²) in [5.41, 5.74) is 5.42. The molecule has 1 aromatic heterocycles. The molecule has 0 aromatic carbocycles. The lowest BCUT2D eigenvalue weighted by Crippen LogP contribution is -2.11. The van der Waals surface area contributed by atoms with E-state index in [9.17, 15) is 0 Å². The maximum absolute atomic E-state index is 5.42. The average Bonchev–Trinajstić information content (AvgIpc) is 2.47. The Labute approximate surface area is 71.5 Å². The van der Waals surface area contributed by atoms with Crippen molar-refractivity contribution in [3.05, 3.63) is 6.20 Å². The Bertz CT molecular complexity index is 235. The third-order valence-corrected chi connectivity index (χ3v) is 1.66. The zero-order chi connectivity index (χ0) is 8.97. The Balaban J connectivity index is 2.47. The minimum absolute atomic E-state index is 0.238. The Kier molecular flexibility index (Phi) is 3.04. The van der Waals surface area contributed by atoms with Crippen LogP contribution in [0.2, 0.25) is 0 Å². The zero-order valence-electron chi connectivity index (χ0n) is 7.40. The van der Waals surface area contributed by atoms with Crippen LogP contribution in [-0.2, 0) is 4.74 Å². The lowest BCUT2D eigenvalue weighted by molar-refractivity contribution is 0.175. The minimum atomic E-state index is 0.238. The monoisotopic (exact) mass is 170 g/mol. The van der Waals surface area contributed by atoms with Crippen LogP contribution in [-0.4, -0.2) is 28.7 Å². The SMILES string of the molecule is COCCC(C)n1ncc(N)n1. The first-order chi connectivity index (χ1) is 5.74. The molecule has 0 fully saturated rings. The minimum Gasteiger partial charge on any atom is -0.385 e. The predicted octanol–water partition coefficient (Wildman–Crippen LogP) is 0.458. The number of nitrogens with two attached hydrogens (primary N) is 1. The van der Waals surface area contributed by atoms with E-state index >= 15 is 0 Å². The number of ether oxygens (including phenoxy) is 1. The van der Waals surface area contributed by atoms with E-state index in [0.29, 0.717) is 12.4 Å². The van der Waals surface area contributed by atoms with Crippen LogP contribution in [0.15, 0.2) is 6.20 Å². The molecule has 1 aromatic rings. The first-order valence-electron chi connectivity index (χ1n) is 3.90. The van der Waals surface area contributed by atoms with Crippen molar-refractivity contribution < 1.29 is 4.74 Å². The quantitative estimate of drug-likeness (QED) is 0.712. The molecular formula is C7H14N4O. The van der Waals surface area contributed by atoms with E-state index < -0.39 is 0 Å². The van der Waals surface area contributed by atoms with Crippen LogP contribution < -0.4 is 5.73 Å². The van der Waals surface area contributed by atoms with Gasteiger partial charge in [0.05, 0.1) is 12.2 Å². The van der Waals surface area contributed by atoms with Crippen LogP contribution in [0.3, 0.4) is 0 Å². The van der Waals surface area contributed by atoms with Crippen molar-refractivity contribution in [3.8, 4) is 0 Å². The normalized spacial score (nSPS) is 13.2. The van der Waals surface area contributed by atoms with Gasteiger partial charge in [-0.1, -0.05) is 0 Å². The average molecular weight is 170 g/mol. The second-order valence-corrected chi connectivity index (χ2v) is 2.72. The van der Waals surface area contributed by atoms with E-state index in [2.05, 4.69) is 10.2 Å². The smallest absolute Gasteiger partial charge is 0.165 e. The molecule has 0 bridgehead atoms. The van der Waals surface area contributed by atoms with E-state index in [0.717, 1.165) is 6.42 Å². The largest absolute Gasteiger partial charge is 0.385 e. The van der Waals surface area contributed by atoms with Gasteiger partial charge in [-0.15, -0.1) is 5.10 Å². The highest BCUT2D eigenvalue weighted by Gasteiger charge is 2.05. The van der Waals surface area contributed by atoms with Crippen molar-refractivity contribution in [3.63, 3.8) is 0 Å². The first-order valence-corrected chi connectivity index (χ1v) is 3.90. The van der Waals surface area contributed by atoms with E-state index in [4.69, 9.17) is 10.5 Å². The fourth-order valence-corrected chi connectivity index (χ4v) is 0.904. The summed E-state index contributed by atoms with van der Waals surface area (Å²) < 4.78 is 4.94. The molecule has 0 saturated carbocycles. The maximum Gasteiger partial charge on any atom is 0.165 e. The molecule has 0 amide bonds. The number of rotatable bonds is 4. The summed E-state index contributed by atoms with van der Waals surface area (Å²) in [5, 5.41) is 7.98. The maximum atomic E-state index is 5.42. The third-order valence-electron chi connectivity index (χ3n) is 1.66. The number of aromatic nitrogens is 3. The molecule has 12 heavy (non-hydrogen) atoms. The van der Waals surface area contributed by atoms with Crippen LogP contribution in [0.5, 0.6) is 0 Å². The van der Waals surface area contributed by atoms with Crippen LogP contribution in [0.4, 0.5) is 5.82 Å². The van der Waals surface area contributed by atoms with Gasteiger partial charge < -0.3 is 10.5 Å². The van der Waals surface area contributed by atoms with Crippen molar-refractivity contribution in [2.24, 2.45) is 0 Å². The highest BCUT2D eigenvalue weighted by atomic mass is 16.5. The molecule has 0 radical (unpaired) electrons. The van der Waals surface area contributed by atoms with Gasteiger partial charge in [0.2, 0.25) is 0 Å². The molecule has 0 aliphatic rings. The van der Waals surface area contributed by atoms with Crippen molar-refractivity contribution >= 4 is 5.82 Å². The molecule has 1 heterocycles. The van der Waals surface area contributed by atoms with Crippen molar-refractivity contribution in [2.75, 3.05) is 19.5 Å². The summed E-state index contributed by atoms with van der Waals surface area (Å²) in [6.45, 7) is 2.74. The van der Waals surface area contributed by atoms with Crippen molar-refractivity contribution in [1.29, 1.82) is 0 Å². The van der Waals surface area contributed by atoms with Gasteiger partial charge in [0, 0.05) is 13.7 Å². The van der Waals surface area contributed by atoms with E-state index in [1.807, 2.05) is 6.92 Å². The number of nitrogens with zero attached hydrogens (tertiary/aromatic N) is 3. The van der Waals surface area contributed by atoms with Crippen LogP contribution >= 0.6 is 0 Å². The molecular weight excluding hydrogens is 156 g/mol. The Morgan fingerprint density at radius 3 is 3.00 bits per heavy atom. The topological polar surface area (TPSA) is 66.0 Å². The van der Waals surface area contributed by atoms with Gasteiger partial charge in [-0.3, -0.25) is 0 Å². The molecule has 0 aliphatic carbocycles. The summed E-state index contributed by atoms with van der Waals surface area (Å²) in [6, 6.07) is 0.238. The third kappa shape index (κ3) is 2.20. The van der Waals surface area contributed by atoms with Gasteiger partial charge in [0.1, 0.15) is 0 Å². The lowest BCUT2D eigenvalue weighted by Gasteiger charge is -2.08. The predicted molar refractivity (Wildman–Crippen MR) is 45.6 cm³/mol. The summed E-state index contributed by atoms with van der Waals surface area (Å²) >= 11 is 0. The van der Waals surface area contributed by atoms with Gasteiger partial charge >= 0.3 is 0 Å². The lowest BCUT2D eigenvalue weighted by atomic mass is 10.3. The van der Waals surface area contributed by atoms with Crippen molar-refractivity contribution in [2.45, 2.75) is 19.4 Å². The van der Waals surface area contributed by atoms with Gasteiger partial charge in [0.25, 0.3) is 0 Å². The summed E-state index contributed by atoms with van der Waals surface area (Å²) in [5.74, 6) is 0.458.